The van der Waals surface area contributed by atoms with Crippen LogP contribution >= 0.6 is 0 Å². The van der Waals surface area contributed by atoms with Gasteiger partial charge in [-0.1, -0.05) is 18.2 Å². The normalized spacial score (nSPS) is 11.8. The van der Waals surface area contributed by atoms with Gasteiger partial charge in [-0.25, -0.2) is 13.2 Å². The molecule has 0 aliphatic rings. The van der Waals surface area contributed by atoms with Gasteiger partial charge in [0.2, 0.25) is 0 Å². The molecule has 0 radical (unpaired) electrons. The number of hydrogen-bond acceptors (Lipinski definition) is 4. The number of nitrogens with one attached hydrogen (secondary N) is 1. The number of rotatable bonds is 4. The highest BCUT2D eigenvalue weighted by molar-refractivity contribution is 7.92. The van der Waals surface area contributed by atoms with Gasteiger partial charge in [0.05, 0.1) is 28.8 Å². The van der Waals surface area contributed by atoms with E-state index in [0.717, 1.165) is 25.3 Å². The summed E-state index contributed by atoms with van der Waals surface area (Å²) in [5.41, 5.74) is -1.25. The first-order valence-electron chi connectivity index (χ1n) is 6.52. The smallest absolute Gasteiger partial charge is 0.416 e. The lowest BCUT2D eigenvalue weighted by atomic mass is 10.2. The molecule has 5 nitrogen and oxygen atoms in total. The first-order valence-corrected chi connectivity index (χ1v) is 8.01. The molecule has 2 rings (SSSR count). The molecule has 0 aromatic heterocycles. The lowest BCUT2D eigenvalue weighted by Gasteiger charge is -2.13. The number of esters is 1. The number of ether oxygens (including phenoxy) is 1. The van der Waals surface area contributed by atoms with Crippen molar-refractivity contribution in [3.8, 4) is 0 Å². The average Bonchev–Trinajstić information content (AvgIpc) is 2.53. The Hall–Kier alpha value is -2.55. The summed E-state index contributed by atoms with van der Waals surface area (Å²) < 4.78 is 69.4. The topological polar surface area (TPSA) is 72.5 Å². The predicted octanol–water partition coefficient (Wildman–Crippen LogP) is 3.29. The van der Waals surface area contributed by atoms with Gasteiger partial charge in [0, 0.05) is 0 Å². The van der Waals surface area contributed by atoms with E-state index in [1.807, 2.05) is 0 Å². The Morgan fingerprint density at radius 1 is 1.08 bits per heavy atom. The van der Waals surface area contributed by atoms with E-state index in [0.29, 0.717) is 6.07 Å². The van der Waals surface area contributed by atoms with Crippen LogP contribution in [0.25, 0.3) is 0 Å². The first kappa shape index (κ1) is 17.8. The standard InChI is InChI=1S/C15H12F3NO4S/c1-23-14(20)12-7-2-3-8-13(12)19-24(21,22)11-6-4-5-10(9-11)15(16,17)18/h2-9,19H,1H3. The summed E-state index contributed by atoms with van der Waals surface area (Å²) in [7, 11) is -3.19. The Morgan fingerprint density at radius 2 is 1.75 bits per heavy atom. The summed E-state index contributed by atoms with van der Waals surface area (Å²) in [6, 6.07) is 8.89. The van der Waals surface area contributed by atoms with Gasteiger partial charge in [0.1, 0.15) is 0 Å². The van der Waals surface area contributed by atoms with Crippen molar-refractivity contribution in [2.45, 2.75) is 11.1 Å². The average molecular weight is 359 g/mol. The number of halogens is 3. The van der Waals surface area contributed by atoms with Crippen LogP contribution < -0.4 is 4.72 Å². The second-order valence-corrected chi connectivity index (χ2v) is 6.35. The van der Waals surface area contributed by atoms with Gasteiger partial charge in [-0.2, -0.15) is 13.2 Å². The molecule has 2 aromatic carbocycles. The molecular formula is C15H12F3NO4S. The molecule has 0 spiro atoms. The molecule has 0 bridgehead atoms. The molecule has 128 valence electrons. The zero-order valence-corrected chi connectivity index (χ0v) is 13.1. The van der Waals surface area contributed by atoms with Crippen LogP contribution in [0.3, 0.4) is 0 Å². The molecule has 1 N–H and O–H groups in total. The van der Waals surface area contributed by atoms with Crippen LogP contribution in [0.15, 0.2) is 53.4 Å². The second-order valence-electron chi connectivity index (χ2n) is 4.67. The Morgan fingerprint density at radius 3 is 2.38 bits per heavy atom. The van der Waals surface area contributed by atoms with Crippen molar-refractivity contribution < 1.29 is 31.1 Å². The van der Waals surface area contributed by atoms with Gasteiger partial charge in [-0.15, -0.1) is 0 Å². The van der Waals surface area contributed by atoms with Crippen LogP contribution in [0.4, 0.5) is 18.9 Å². The lowest BCUT2D eigenvalue weighted by Crippen LogP contribution is -2.17. The molecule has 0 heterocycles. The predicted molar refractivity (Wildman–Crippen MR) is 80.0 cm³/mol. The molecule has 0 aliphatic heterocycles. The monoisotopic (exact) mass is 359 g/mol. The summed E-state index contributed by atoms with van der Waals surface area (Å²) >= 11 is 0. The minimum atomic E-state index is -4.67. The van der Waals surface area contributed by atoms with Crippen LogP contribution in [0.5, 0.6) is 0 Å². The molecule has 2 aromatic rings. The van der Waals surface area contributed by atoms with Gasteiger partial charge in [0.15, 0.2) is 0 Å². The Bertz CT molecular complexity index is 863. The molecule has 0 unspecified atom stereocenters. The number of sulfonamides is 1. The maximum absolute atomic E-state index is 12.7. The van der Waals surface area contributed by atoms with E-state index < -0.39 is 32.6 Å². The zero-order valence-electron chi connectivity index (χ0n) is 12.3. The Kier molecular flexibility index (Phi) is 4.83. The molecule has 24 heavy (non-hydrogen) atoms. The van der Waals surface area contributed by atoms with Gasteiger partial charge in [-0.05, 0) is 30.3 Å². The van der Waals surface area contributed by atoms with Gasteiger partial charge < -0.3 is 4.74 Å². The van der Waals surface area contributed by atoms with Gasteiger partial charge >= 0.3 is 12.1 Å². The quantitative estimate of drug-likeness (QED) is 0.851. The fourth-order valence-corrected chi connectivity index (χ4v) is 3.03. The van der Waals surface area contributed by atoms with E-state index in [4.69, 9.17) is 0 Å². The van der Waals surface area contributed by atoms with Crippen molar-refractivity contribution in [2.24, 2.45) is 0 Å². The zero-order chi connectivity index (χ0) is 18.0. The SMILES string of the molecule is COC(=O)c1ccccc1NS(=O)(=O)c1cccc(C(F)(F)F)c1. The largest absolute Gasteiger partial charge is 0.465 e. The Balaban J connectivity index is 2.42. The van der Waals surface area contributed by atoms with Crippen LogP contribution in [0, 0.1) is 0 Å². The number of hydrogen-bond donors (Lipinski definition) is 1. The van der Waals surface area contributed by atoms with Crippen LogP contribution in [0.1, 0.15) is 15.9 Å². The maximum Gasteiger partial charge on any atom is 0.416 e. The number of para-hydroxylation sites is 1. The van der Waals surface area contributed by atoms with E-state index in [2.05, 4.69) is 9.46 Å². The molecular weight excluding hydrogens is 347 g/mol. The fourth-order valence-electron chi connectivity index (χ4n) is 1.90. The number of anilines is 1. The summed E-state index contributed by atoms with van der Waals surface area (Å²) in [6.45, 7) is 0. The summed E-state index contributed by atoms with van der Waals surface area (Å²) in [6.07, 6.45) is -4.67. The summed E-state index contributed by atoms with van der Waals surface area (Å²) in [5.74, 6) is -0.780. The third-order valence-electron chi connectivity index (χ3n) is 3.05. The molecule has 0 atom stereocenters. The van der Waals surface area contributed by atoms with Crippen molar-refractivity contribution in [1.82, 2.24) is 0 Å². The highest BCUT2D eigenvalue weighted by atomic mass is 32.2. The van der Waals surface area contributed by atoms with Crippen molar-refractivity contribution in [3.63, 3.8) is 0 Å². The van der Waals surface area contributed by atoms with E-state index in [-0.39, 0.29) is 11.3 Å². The van der Waals surface area contributed by atoms with E-state index >= 15 is 0 Å². The fraction of sp³-hybridized carbons (Fsp3) is 0.133. The van der Waals surface area contributed by atoms with E-state index in [1.54, 1.807) is 0 Å². The van der Waals surface area contributed by atoms with Gasteiger partial charge in [-0.3, -0.25) is 4.72 Å². The highest BCUT2D eigenvalue weighted by Gasteiger charge is 2.31. The van der Waals surface area contributed by atoms with Crippen molar-refractivity contribution >= 4 is 21.7 Å². The Labute approximate surface area is 136 Å². The highest BCUT2D eigenvalue weighted by Crippen LogP contribution is 2.31. The van der Waals surface area contributed by atoms with Crippen molar-refractivity contribution in [2.75, 3.05) is 11.8 Å². The maximum atomic E-state index is 12.7. The molecule has 0 fully saturated rings. The molecule has 0 saturated heterocycles. The van der Waals surface area contributed by atoms with Crippen LogP contribution in [0.2, 0.25) is 0 Å². The van der Waals surface area contributed by atoms with Crippen molar-refractivity contribution in [1.29, 1.82) is 0 Å². The molecule has 0 saturated carbocycles. The lowest BCUT2D eigenvalue weighted by molar-refractivity contribution is -0.137. The minimum Gasteiger partial charge on any atom is -0.465 e. The summed E-state index contributed by atoms with van der Waals surface area (Å²) in [5, 5.41) is 0. The third-order valence-corrected chi connectivity index (χ3v) is 4.41. The minimum absolute atomic E-state index is 0.0597. The van der Waals surface area contributed by atoms with Crippen LogP contribution in [-0.4, -0.2) is 21.5 Å². The first-order chi connectivity index (χ1) is 11.1. The number of carbonyl (C=O) groups excluding carboxylic acids is 1. The van der Waals surface area contributed by atoms with E-state index in [1.165, 1.54) is 24.3 Å². The van der Waals surface area contributed by atoms with Crippen LogP contribution in [-0.2, 0) is 20.9 Å². The number of methoxy groups -OCH3 is 1. The van der Waals surface area contributed by atoms with Crippen molar-refractivity contribution in [3.05, 3.63) is 59.7 Å². The number of benzene rings is 2. The third kappa shape index (κ3) is 3.85. The molecule has 0 aliphatic carbocycles. The number of carbonyl (C=O) groups is 1. The second kappa shape index (κ2) is 6.52. The van der Waals surface area contributed by atoms with E-state index in [9.17, 15) is 26.4 Å². The molecule has 9 heteroatoms. The molecule has 0 amide bonds. The number of alkyl halides is 3. The summed E-state index contributed by atoms with van der Waals surface area (Å²) in [4.78, 5) is 11.1. The van der Waals surface area contributed by atoms with Gasteiger partial charge in [0.25, 0.3) is 10.0 Å².